The highest BCUT2D eigenvalue weighted by molar-refractivity contribution is 7.99. The Bertz CT molecular complexity index is 1020. The van der Waals surface area contributed by atoms with Gasteiger partial charge in [-0.2, -0.15) is 0 Å². The van der Waals surface area contributed by atoms with Gasteiger partial charge in [-0.15, -0.1) is 10.2 Å². The van der Waals surface area contributed by atoms with Crippen molar-refractivity contribution in [1.29, 1.82) is 0 Å². The maximum atomic E-state index is 4.80. The molecule has 126 valence electrons. The van der Waals surface area contributed by atoms with Gasteiger partial charge < -0.3 is 4.57 Å². The molecular formula is C20H20N4S. The largest absolute Gasteiger partial charge is 0.324 e. The number of aryl methyl sites for hydroxylation is 3. The van der Waals surface area contributed by atoms with Crippen molar-refractivity contribution in [3.8, 4) is 0 Å². The van der Waals surface area contributed by atoms with Crippen molar-refractivity contribution in [2.24, 2.45) is 0 Å². The van der Waals surface area contributed by atoms with E-state index in [0.29, 0.717) is 0 Å². The van der Waals surface area contributed by atoms with E-state index < -0.39 is 0 Å². The monoisotopic (exact) mass is 348 g/mol. The third-order valence-electron chi connectivity index (χ3n) is 4.38. The van der Waals surface area contributed by atoms with E-state index in [1.54, 1.807) is 11.8 Å². The third kappa shape index (κ3) is 3.12. The van der Waals surface area contributed by atoms with Crippen molar-refractivity contribution in [3.05, 3.63) is 59.7 Å². The number of rotatable bonds is 5. The van der Waals surface area contributed by atoms with Gasteiger partial charge in [-0.05, 0) is 38.0 Å². The Morgan fingerprint density at radius 1 is 1.04 bits per heavy atom. The zero-order valence-electron chi connectivity index (χ0n) is 14.4. The van der Waals surface area contributed by atoms with Crippen molar-refractivity contribution < 1.29 is 0 Å². The predicted molar refractivity (Wildman–Crippen MR) is 104 cm³/mol. The number of fused-ring (bicyclic) bond motifs is 3. The molecule has 5 heteroatoms. The van der Waals surface area contributed by atoms with Crippen molar-refractivity contribution in [1.82, 2.24) is 19.7 Å². The smallest absolute Gasteiger partial charge is 0.211 e. The van der Waals surface area contributed by atoms with Crippen LogP contribution in [0.2, 0.25) is 0 Å². The summed E-state index contributed by atoms with van der Waals surface area (Å²) in [7, 11) is 0. The molecule has 0 atom stereocenters. The normalized spacial score (nSPS) is 11.4. The van der Waals surface area contributed by atoms with Crippen LogP contribution in [-0.4, -0.2) is 25.5 Å². The van der Waals surface area contributed by atoms with E-state index in [1.807, 2.05) is 6.07 Å². The Labute approximate surface area is 151 Å². The predicted octanol–water partition coefficient (Wildman–Crippen LogP) is 4.64. The molecule has 4 aromatic rings. The Kier molecular flexibility index (Phi) is 4.40. The summed E-state index contributed by atoms with van der Waals surface area (Å²) in [4.78, 5) is 4.80. The van der Waals surface area contributed by atoms with Crippen molar-refractivity contribution in [3.63, 3.8) is 0 Å². The Balaban J connectivity index is 1.64. The molecule has 4 rings (SSSR count). The third-order valence-corrected chi connectivity index (χ3v) is 5.22. The number of hydrogen-bond donors (Lipinski definition) is 0. The summed E-state index contributed by atoms with van der Waals surface area (Å²) < 4.78 is 2.22. The summed E-state index contributed by atoms with van der Waals surface area (Å²) in [5.41, 5.74) is 5.57. The van der Waals surface area contributed by atoms with Gasteiger partial charge >= 0.3 is 0 Å². The molecular weight excluding hydrogens is 328 g/mol. The lowest BCUT2D eigenvalue weighted by Gasteiger charge is -2.03. The molecule has 0 aliphatic carbocycles. The highest BCUT2D eigenvalue weighted by atomic mass is 32.2. The molecule has 0 fully saturated rings. The van der Waals surface area contributed by atoms with Crippen LogP contribution in [-0.2, 0) is 13.0 Å². The fourth-order valence-electron chi connectivity index (χ4n) is 3.14. The second-order valence-electron chi connectivity index (χ2n) is 6.12. The first-order chi connectivity index (χ1) is 12.3. The van der Waals surface area contributed by atoms with Crippen molar-refractivity contribution in [2.75, 3.05) is 5.75 Å². The van der Waals surface area contributed by atoms with Crippen LogP contribution in [0.3, 0.4) is 0 Å². The SMILES string of the molecule is CCn1c2ccc(C)cc2c2nnc(SCCc3ccccc3)nc21. The highest BCUT2D eigenvalue weighted by Crippen LogP contribution is 2.28. The van der Waals surface area contributed by atoms with Crippen LogP contribution in [0, 0.1) is 6.92 Å². The topological polar surface area (TPSA) is 43.6 Å². The van der Waals surface area contributed by atoms with Gasteiger partial charge in [0.1, 0.15) is 5.52 Å². The molecule has 4 nitrogen and oxygen atoms in total. The van der Waals surface area contributed by atoms with Crippen molar-refractivity contribution >= 4 is 33.8 Å². The van der Waals surface area contributed by atoms with Gasteiger partial charge in [0.15, 0.2) is 5.65 Å². The summed E-state index contributed by atoms with van der Waals surface area (Å²) in [5, 5.41) is 10.7. The molecule has 2 heterocycles. The first-order valence-electron chi connectivity index (χ1n) is 8.56. The lowest BCUT2D eigenvalue weighted by Crippen LogP contribution is -1.99. The van der Waals surface area contributed by atoms with Crippen LogP contribution in [0.15, 0.2) is 53.7 Å². The zero-order valence-corrected chi connectivity index (χ0v) is 15.3. The van der Waals surface area contributed by atoms with Crippen molar-refractivity contribution in [2.45, 2.75) is 32.0 Å². The molecule has 0 aliphatic rings. The van der Waals surface area contributed by atoms with E-state index in [-0.39, 0.29) is 0 Å². The Morgan fingerprint density at radius 2 is 1.88 bits per heavy atom. The van der Waals surface area contributed by atoms with E-state index in [2.05, 4.69) is 71.1 Å². The quantitative estimate of drug-likeness (QED) is 0.493. The van der Waals surface area contributed by atoms with Gasteiger partial charge in [0.2, 0.25) is 5.16 Å². The lowest BCUT2D eigenvalue weighted by molar-refractivity contribution is 0.789. The van der Waals surface area contributed by atoms with Crippen LogP contribution in [0.4, 0.5) is 0 Å². The molecule has 0 unspecified atom stereocenters. The first kappa shape index (κ1) is 16.1. The van der Waals surface area contributed by atoms with Gasteiger partial charge in [-0.25, -0.2) is 4.98 Å². The van der Waals surface area contributed by atoms with Crippen LogP contribution in [0.1, 0.15) is 18.1 Å². The summed E-state index contributed by atoms with van der Waals surface area (Å²) in [6.45, 7) is 5.11. The van der Waals surface area contributed by atoms with Crippen LogP contribution >= 0.6 is 11.8 Å². The summed E-state index contributed by atoms with van der Waals surface area (Å²) >= 11 is 1.66. The minimum atomic E-state index is 0.748. The van der Waals surface area contributed by atoms with Crippen LogP contribution < -0.4 is 0 Å². The molecule has 0 amide bonds. The molecule has 2 aromatic heterocycles. The fraction of sp³-hybridized carbons (Fsp3) is 0.250. The van der Waals surface area contributed by atoms with Gasteiger partial charge in [0, 0.05) is 17.7 Å². The number of aromatic nitrogens is 4. The van der Waals surface area contributed by atoms with E-state index in [1.165, 1.54) is 16.6 Å². The summed E-state index contributed by atoms with van der Waals surface area (Å²) in [5.74, 6) is 0.947. The summed E-state index contributed by atoms with van der Waals surface area (Å²) in [6.07, 6.45) is 1.00. The standard InChI is InChI=1S/C20H20N4S/c1-3-24-17-10-9-14(2)13-16(17)18-19(24)21-20(23-22-18)25-12-11-15-7-5-4-6-8-15/h4-10,13H,3,11-12H2,1-2H3. The number of thioether (sulfide) groups is 1. The molecule has 0 saturated heterocycles. The Morgan fingerprint density at radius 3 is 2.68 bits per heavy atom. The average Bonchev–Trinajstić information content (AvgIpc) is 2.95. The summed E-state index contributed by atoms with van der Waals surface area (Å²) in [6, 6.07) is 17.0. The maximum Gasteiger partial charge on any atom is 0.211 e. The molecule has 0 radical (unpaired) electrons. The van der Waals surface area contributed by atoms with E-state index in [9.17, 15) is 0 Å². The zero-order chi connectivity index (χ0) is 17.2. The molecule has 0 spiro atoms. The number of benzene rings is 2. The Hall–Kier alpha value is -2.40. The van der Waals surface area contributed by atoms with E-state index in [4.69, 9.17) is 4.98 Å². The fourth-order valence-corrected chi connectivity index (χ4v) is 3.91. The van der Waals surface area contributed by atoms with Gasteiger partial charge in [0.05, 0.1) is 5.52 Å². The minimum Gasteiger partial charge on any atom is -0.324 e. The molecule has 0 aliphatic heterocycles. The van der Waals surface area contributed by atoms with E-state index >= 15 is 0 Å². The molecule has 0 bridgehead atoms. The second-order valence-corrected chi connectivity index (χ2v) is 7.18. The highest BCUT2D eigenvalue weighted by Gasteiger charge is 2.14. The van der Waals surface area contributed by atoms with Gasteiger partial charge in [-0.3, -0.25) is 0 Å². The van der Waals surface area contributed by atoms with Gasteiger partial charge in [0.25, 0.3) is 0 Å². The first-order valence-corrected chi connectivity index (χ1v) is 9.55. The molecule has 0 saturated carbocycles. The van der Waals surface area contributed by atoms with E-state index in [0.717, 1.165) is 40.4 Å². The minimum absolute atomic E-state index is 0.748. The second kappa shape index (κ2) is 6.84. The molecule has 25 heavy (non-hydrogen) atoms. The maximum absolute atomic E-state index is 4.80. The molecule has 0 N–H and O–H groups in total. The lowest BCUT2D eigenvalue weighted by atomic mass is 10.2. The molecule has 2 aromatic carbocycles. The number of hydrogen-bond acceptors (Lipinski definition) is 4. The van der Waals surface area contributed by atoms with Gasteiger partial charge in [-0.1, -0.05) is 53.7 Å². The number of nitrogens with zero attached hydrogens (tertiary/aromatic N) is 4. The van der Waals surface area contributed by atoms with Crippen LogP contribution in [0.5, 0.6) is 0 Å². The van der Waals surface area contributed by atoms with Crippen LogP contribution in [0.25, 0.3) is 22.1 Å². The average molecular weight is 348 g/mol.